The maximum Gasteiger partial charge on any atom is 0.410 e. The summed E-state index contributed by atoms with van der Waals surface area (Å²) < 4.78 is 0. The molecule has 98 valence electrons. The number of nitrogens with zero attached hydrogens (tertiary/aromatic N) is 3. The zero-order valence-electron chi connectivity index (χ0n) is 10.3. The zero-order chi connectivity index (χ0) is 13.9. The average molecular weight is 266 g/mol. The van der Waals surface area contributed by atoms with E-state index in [2.05, 4.69) is 20.3 Å². The highest BCUT2D eigenvalue weighted by Gasteiger charge is 2.06. The Morgan fingerprint density at radius 2 is 1.85 bits per heavy atom. The van der Waals surface area contributed by atoms with Gasteiger partial charge in [0.15, 0.2) is 5.65 Å². The molecule has 0 aliphatic rings. The Balaban J connectivity index is 2.07. The summed E-state index contributed by atoms with van der Waals surface area (Å²) in [6, 6.07) is 12.8. The fourth-order valence-corrected chi connectivity index (χ4v) is 1.82. The molecule has 1 amide bonds. The molecule has 0 radical (unpaired) electrons. The highest BCUT2D eigenvalue weighted by atomic mass is 16.4. The van der Waals surface area contributed by atoms with Crippen molar-refractivity contribution in [2.24, 2.45) is 0 Å². The van der Waals surface area contributed by atoms with Crippen LogP contribution in [0.25, 0.3) is 22.4 Å². The lowest BCUT2D eigenvalue weighted by molar-refractivity contribution is 0.209. The van der Waals surface area contributed by atoms with Crippen LogP contribution in [0.3, 0.4) is 0 Å². The standard InChI is InChI=1S/C14H10N4O2/c19-14(20)18-12-7-6-10-13(17-12)16-11(8-15-10)9-4-2-1-3-5-9/h1-8H,(H,19,20)(H,16,17,18). The van der Waals surface area contributed by atoms with Crippen molar-refractivity contribution in [3.8, 4) is 11.3 Å². The van der Waals surface area contributed by atoms with E-state index in [-0.39, 0.29) is 5.82 Å². The van der Waals surface area contributed by atoms with Crippen molar-refractivity contribution in [1.82, 2.24) is 15.0 Å². The van der Waals surface area contributed by atoms with Gasteiger partial charge in [0, 0.05) is 5.56 Å². The lowest BCUT2D eigenvalue weighted by atomic mass is 10.2. The SMILES string of the molecule is O=C(O)Nc1ccc2ncc(-c3ccccc3)nc2n1. The van der Waals surface area contributed by atoms with Crippen molar-refractivity contribution >= 4 is 23.1 Å². The Bertz CT molecular complexity index is 774. The summed E-state index contributed by atoms with van der Waals surface area (Å²) in [7, 11) is 0. The zero-order valence-corrected chi connectivity index (χ0v) is 10.3. The Morgan fingerprint density at radius 3 is 2.60 bits per heavy atom. The second-order valence-electron chi connectivity index (χ2n) is 4.09. The summed E-state index contributed by atoms with van der Waals surface area (Å²) >= 11 is 0. The second kappa shape index (κ2) is 4.93. The van der Waals surface area contributed by atoms with Crippen LogP contribution in [0.4, 0.5) is 10.6 Å². The van der Waals surface area contributed by atoms with E-state index >= 15 is 0 Å². The van der Waals surface area contributed by atoms with Crippen molar-refractivity contribution in [1.29, 1.82) is 0 Å². The summed E-state index contributed by atoms with van der Waals surface area (Å²) in [5.74, 6) is 0.226. The third-order valence-electron chi connectivity index (χ3n) is 2.71. The number of hydrogen-bond acceptors (Lipinski definition) is 4. The average Bonchev–Trinajstić information content (AvgIpc) is 2.47. The van der Waals surface area contributed by atoms with E-state index in [0.29, 0.717) is 16.9 Å². The Kier molecular flexibility index (Phi) is 2.96. The molecule has 0 aliphatic heterocycles. The van der Waals surface area contributed by atoms with Crippen molar-refractivity contribution in [2.75, 3.05) is 5.32 Å². The Labute approximate surface area is 114 Å². The first-order valence-corrected chi connectivity index (χ1v) is 5.91. The number of aromatic nitrogens is 3. The van der Waals surface area contributed by atoms with Gasteiger partial charge in [-0.25, -0.2) is 14.8 Å². The van der Waals surface area contributed by atoms with Gasteiger partial charge in [-0.05, 0) is 12.1 Å². The molecule has 0 saturated heterocycles. The number of benzene rings is 1. The fraction of sp³-hybridized carbons (Fsp3) is 0. The summed E-state index contributed by atoms with van der Waals surface area (Å²) in [5.41, 5.74) is 2.64. The lowest BCUT2D eigenvalue weighted by Gasteiger charge is -2.04. The van der Waals surface area contributed by atoms with Gasteiger partial charge in [0.05, 0.1) is 11.9 Å². The van der Waals surface area contributed by atoms with Crippen LogP contribution in [0.1, 0.15) is 0 Å². The van der Waals surface area contributed by atoms with Gasteiger partial charge in [0.25, 0.3) is 0 Å². The molecule has 20 heavy (non-hydrogen) atoms. The van der Waals surface area contributed by atoms with Crippen molar-refractivity contribution in [2.45, 2.75) is 0 Å². The number of anilines is 1. The molecule has 2 aromatic heterocycles. The van der Waals surface area contributed by atoms with Gasteiger partial charge in [-0.1, -0.05) is 30.3 Å². The van der Waals surface area contributed by atoms with Gasteiger partial charge in [0.2, 0.25) is 0 Å². The number of nitrogens with one attached hydrogen (secondary N) is 1. The Hall–Kier alpha value is -3.02. The molecule has 0 fully saturated rings. The number of rotatable bonds is 2. The predicted molar refractivity (Wildman–Crippen MR) is 74.4 cm³/mol. The molecule has 1 aromatic carbocycles. The quantitative estimate of drug-likeness (QED) is 0.744. The molecular formula is C14H10N4O2. The van der Waals surface area contributed by atoms with E-state index in [1.54, 1.807) is 18.3 Å². The first-order valence-electron chi connectivity index (χ1n) is 5.91. The summed E-state index contributed by atoms with van der Waals surface area (Å²) in [4.78, 5) is 23.4. The van der Waals surface area contributed by atoms with Gasteiger partial charge in [-0.2, -0.15) is 0 Å². The minimum atomic E-state index is -1.16. The van der Waals surface area contributed by atoms with Crippen LogP contribution >= 0.6 is 0 Å². The van der Waals surface area contributed by atoms with Crippen LogP contribution in [-0.2, 0) is 0 Å². The maximum absolute atomic E-state index is 10.6. The number of pyridine rings is 1. The van der Waals surface area contributed by atoms with Crippen molar-refractivity contribution in [3.05, 3.63) is 48.7 Å². The molecule has 0 saturated carbocycles. The van der Waals surface area contributed by atoms with Gasteiger partial charge < -0.3 is 5.11 Å². The van der Waals surface area contributed by atoms with Crippen LogP contribution in [0, 0.1) is 0 Å². The number of amides is 1. The highest BCUT2D eigenvalue weighted by molar-refractivity contribution is 5.84. The van der Waals surface area contributed by atoms with Crippen LogP contribution < -0.4 is 5.32 Å². The largest absolute Gasteiger partial charge is 0.465 e. The van der Waals surface area contributed by atoms with Crippen LogP contribution in [-0.4, -0.2) is 26.2 Å². The third kappa shape index (κ3) is 2.39. The summed E-state index contributed by atoms with van der Waals surface area (Å²) in [6.07, 6.45) is 0.507. The number of carboxylic acid groups (broad SMARTS) is 1. The Morgan fingerprint density at radius 1 is 1.05 bits per heavy atom. The predicted octanol–water partition coefficient (Wildman–Crippen LogP) is 2.78. The van der Waals surface area contributed by atoms with Crippen LogP contribution in [0.15, 0.2) is 48.7 Å². The van der Waals surface area contributed by atoms with E-state index in [9.17, 15) is 4.79 Å². The monoisotopic (exact) mass is 266 g/mol. The third-order valence-corrected chi connectivity index (χ3v) is 2.71. The van der Waals surface area contributed by atoms with Crippen LogP contribution in [0.2, 0.25) is 0 Å². The van der Waals surface area contributed by atoms with Crippen LogP contribution in [0.5, 0.6) is 0 Å². The van der Waals surface area contributed by atoms with Gasteiger partial charge in [0.1, 0.15) is 11.3 Å². The minimum Gasteiger partial charge on any atom is -0.465 e. The first-order chi connectivity index (χ1) is 9.72. The summed E-state index contributed by atoms with van der Waals surface area (Å²) in [5, 5.41) is 10.9. The molecule has 6 heteroatoms. The van der Waals surface area contributed by atoms with Gasteiger partial charge in [-0.3, -0.25) is 10.3 Å². The molecule has 2 heterocycles. The number of carbonyl (C=O) groups is 1. The molecule has 3 aromatic rings. The minimum absolute atomic E-state index is 0.226. The fourth-order valence-electron chi connectivity index (χ4n) is 1.82. The molecular weight excluding hydrogens is 256 g/mol. The molecule has 0 aliphatic carbocycles. The highest BCUT2D eigenvalue weighted by Crippen LogP contribution is 2.18. The van der Waals surface area contributed by atoms with E-state index < -0.39 is 6.09 Å². The van der Waals surface area contributed by atoms with Crippen molar-refractivity contribution in [3.63, 3.8) is 0 Å². The van der Waals surface area contributed by atoms with E-state index in [4.69, 9.17) is 5.11 Å². The normalized spacial score (nSPS) is 10.4. The lowest BCUT2D eigenvalue weighted by Crippen LogP contribution is -2.08. The molecule has 0 atom stereocenters. The molecule has 3 rings (SSSR count). The smallest absolute Gasteiger partial charge is 0.410 e. The molecule has 2 N–H and O–H groups in total. The molecule has 0 spiro atoms. The molecule has 0 unspecified atom stereocenters. The first kappa shape index (κ1) is 12.0. The maximum atomic E-state index is 10.6. The number of fused-ring (bicyclic) bond motifs is 1. The molecule has 6 nitrogen and oxygen atoms in total. The summed E-state index contributed by atoms with van der Waals surface area (Å²) in [6.45, 7) is 0. The van der Waals surface area contributed by atoms with E-state index in [1.165, 1.54) is 0 Å². The molecule has 0 bridgehead atoms. The van der Waals surface area contributed by atoms with E-state index in [0.717, 1.165) is 5.56 Å². The topological polar surface area (TPSA) is 88.0 Å². The van der Waals surface area contributed by atoms with E-state index in [1.807, 2.05) is 30.3 Å². The second-order valence-corrected chi connectivity index (χ2v) is 4.09. The van der Waals surface area contributed by atoms with Crippen molar-refractivity contribution < 1.29 is 9.90 Å². The number of hydrogen-bond donors (Lipinski definition) is 2. The van der Waals surface area contributed by atoms with Gasteiger partial charge >= 0.3 is 6.09 Å². The van der Waals surface area contributed by atoms with Gasteiger partial charge in [-0.15, -0.1) is 0 Å².